The molecule has 0 spiro atoms. The maximum absolute atomic E-state index is 11.2. The molecule has 0 unspecified atom stereocenters. The van der Waals surface area contributed by atoms with E-state index in [4.69, 9.17) is 10.00 Å². The van der Waals surface area contributed by atoms with E-state index in [0.29, 0.717) is 5.75 Å². The lowest BCUT2D eigenvalue weighted by atomic mass is 10.3. The summed E-state index contributed by atoms with van der Waals surface area (Å²) in [6.07, 6.45) is -0.569. The van der Waals surface area contributed by atoms with Gasteiger partial charge in [-0.15, -0.1) is 0 Å². The van der Waals surface area contributed by atoms with Crippen LogP contribution in [0.15, 0.2) is 30.3 Å². The quantitative estimate of drug-likeness (QED) is 0.854. The number of halogens is 1. The van der Waals surface area contributed by atoms with Crippen LogP contribution in [-0.2, 0) is 0 Å². The Bertz CT molecular complexity index is 361. The van der Waals surface area contributed by atoms with Crippen molar-refractivity contribution in [2.75, 3.05) is 6.54 Å². The summed E-state index contributed by atoms with van der Waals surface area (Å²) >= 11 is 3.06. The van der Waals surface area contributed by atoms with Gasteiger partial charge >= 0.3 is 6.09 Å². The molecule has 1 atom stereocenters. The predicted octanol–water partition coefficient (Wildman–Crippen LogP) is 2.06. The van der Waals surface area contributed by atoms with Crippen LogP contribution in [0.2, 0.25) is 0 Å². The Kier molecular flexibility index (Phi) is 4.64. The molecule has 1 aromatic rings. The number of carbonyl (C=O) groups excluding carboxylic acids is 1. The molecule has 5 heteroatoms. The maximum atomic E-state index is 11.2. The summed E-state index contributed by atoms with van der Waals surface area (Å²) in [7, 11) is 0. The Morgan fingerprint density at radius 1 is 1.53 bits per heavy atom. The van der Waals surface area contributed by atoms with E-state index in [2.05, 4.69) is 21.2 Å². The third kappa shape index (κ3) is 4.47. The third-order valence-corrected chi connectivity index (χ3v) is 2.05. The molecule has 0 aliphatic heterocycles. The number of nitriles is 1. The van der Waals surface area contributed by atoms with Crippen molar-refractivity contribution in [3.05, 3.63) is 30.3 Å². The lowest BCUT2D eigenvalue weighted by Gasteiger charge is -2.06. The number of benzene rings is 1. The van der Waals surface area contributed by atoms with Crippen LogP contribution in [-0.4, -0.2) is 17.5 Å². The number of hydrogen-bond donors (Lipinski definition) is 1. The van der Waals surface area contributed by atoms with Crippen LogP contribution in [0, 0.1) is 11.3 Å². The molecule has 1 N–H and O–H groups in total. The van der Waals surface area contributed by atoms with Crippen LogP contribution in [0.4, 0.5) is 4.79 Å². The van der Waals surface area contributed by atoms with Gasteiger partial charge in [0.1, 0.15) is 10.6 Å². The second-order valence-electron chi connectivity index (χ2n) is 2.68. The second kappa shape index (κ2) is 6.04. The van der Waals surface area contributed by atoms with Gasteiger partial charge in [-0.1, -0.05) is 34.1 Å². The summed E-state index contributed by atoms with van der Waals surface area (Å²) in [6, 6.07) is 10.6. The number of ether oxygens (including phenoxy) is 1. The fourth-order valence-electron chi connectivity index (χ4n) is 0.850. The highest BCUT2D eigenvalue weighted by Crippen LogP contribution is 2.08. The average Bonchev–Trinajstić information content (AvgIpc) is 2.27. The van der Waals surface area contributed by atoms with Gasteiger partial charge in [0.25, 0.3) is 0 Å². The Morgan fingerprint density at radius 3 is 2.80 bits per heavy atom. The topological polar surface area (TPSA) is 62.1 Å². The minimum Gasteiger partial charge on any atom is -0.410 e. The van der Waals surface area contributed by atoms with Gasteiger partial charge in [-0.25, -0.2) is 4.79 Å². The summed E-state index contributed by atoms with van der Waals surface area (Å²) in [5, 5.41) is 10.9. The van der Waals surface area contributed by atoms with E-state index < -0.39 is 10.9 Å². The molecule has 0 fully saturated rings. The molecule has 1 rings (SSSR count). The largest absolute Gasteiger partial charge is 0.412 e. The highest BCUT2D eigenvalue weighted by Gasteiger charge is 2.06. The molecule has 0 saturated carbocycles. The summed E-state index contributed by atoms with van der Waals surface area (Å²) < 4.78 is 4.93. The molecule has 0 saturated heterocycles. The number of para-hydroxylation sites is 1. The van der Waals surface area contributed by atoms with Gasteiger partial charge in [0, 0.05) is 6.54 Å². The Hall–Kier alpha value is -1.54. The molecule has 1 aromatic carbocycles. The first-order valence-electron chi connectivity index (χ1n) is 4.27. The van der Waals surface area contributed by atoms with Crippen molar-refractivity contribution in [3.8, 4) is 11.8 Å². The van der Waals surface area contributed by atoms with Crippen LogP contribution >= 0.6 is 15.9 Å². The molecule has 0 radical (unpaired) electrons. The monoisotopic (exact) mass is 268 g/mol. The second-order valence-corrected chi connectivity index (χ2v) is 3.79. The molecule has 15 heavy (non-hydrogen) atoms. The van der Waals surface area contributed by atoms with E-state index in [1.807, 2.05) is 12.1 Å². The molecule has 78 valence electrons. The molecule has 0 bridgehead atoms. The van der Waals surface area contributed by atoms with E-state index in [9.17, 15) is 4.79 Å². The van der Waals surface area contributed by atoms with E-state index >= 15 is 0 Å². The molecule has 0 aliphatic carbocycles. The Morgan fingerprint density at radius 2 is 2.20 bits per heavy atom. The Labute approximate surface area is 96.0 Å². The van der Waals surface area contributed by atoms with Crippen molar-refractivity contribution >= 4 is 22.0 Å². The van der Waals surface area contributed by atoms with Crippen LogP contribution in [0.1, 0.15) is 0 Å². The van der Waals surface area contributed by atoms with Gasteiger partial charge in [-0.05, 0) is 12.1 Å². The molecule has 0 aliphatic rings. The number of alkyl halides is 1. The lowest BCUT2D eigenvalue weighted by Crippen LogP contribution is -2.31. The highest BCUT2D eigenvalue weighted by atomic mass is 79.9. The lowest BCUT2D eigenvalue weighted by molar-refractivity contribution is 0.201. The minimum atomic E-state index is -0.569. The normalized spacial score (nSPS) is 11.2. The average molecular weight is 269 g/mol. The predicted molar refractivity (Wildman–Crippen MR) is 58.8 cm³/mol. The SMILES string of the molecule is N#C[C@H](Br)CNC(=O)Oc1ccccc1. The van der Waals surface area contributed by atoms with Gasteiger partial charge in [0.15, 0.2) is 0 Å². The number of rotatable bonds is 3. The van der Waals surface area contributed by atoms with Gasteiger partial charge in [-0.3, -0.25) is 0 Å². The van der Waals surface area contributed by atoms with E-state index in [1.54, 1.807) is 24.3 Å². The minimum absolute atomic E-state index is 0.210. The molecule has 4 nitrogen and oxygen atoms in total. The van der Waals surface area contributed by atoms with Gasteiger partial charge in [0.05, 0.1) is 6.07 Å². The number of nitrogens with one attached hydrogen (secondary N) is 1. The summed E-state index contributed by atoms with van der Waals surface area (Å²) in [6.45, 7) is 0.210. The van der Waals surface area contributed by atoms with Crippen molar-refractivity contribution < 1.29 is 9.53 Å². The van der Waals surface area contributed by atoms with E-state index in [1.165, 1.54) is 0 Å². The van der Waals surface area contributed by atoms with Crippen molar-refractivity contribution in [3.63, 3.8) is 0 Å². The zero-order valence-corrected chi connectivity index (χ0v) is 9.40. The molecular weight excluding hydrogens is 260 g/mol. The number of amides is 1. The molecule has 0 heterocycles. The number of carbonyl (C=O) groups is 1. The first-order valence-corrected chi connectivity index (χ1v) is 5.18. The first-order chi connectivity index (χ1) is 7.22. The van der Waals surface area contributed by atoms with Crippen LogP contribution in [0.5, 0.6) is 5.75 Å². The zero-order chi connectivity index (χ0) is 11.1. The summed E-state index contributed by atoms with van der Waals surface area (Å²) in [5.41, 5.74) is 0. The van der Waals surface area contributed by atoms with Crippen LogP contribution < -0.4 is 10.1 Å². The Balaban J connectivity index is 2.35. The molecular formula is C10H9BrN2O2. The first kappa shape index (κ1) is 11.5. The number of nitrogens with zero attached hydrogens (tertiary/aromatic N) is 1. The standard InChI is InChI=1S/C10H9BrN2O2/c11-8(6-12)7-13-10(14)15-9-4-2-1-3-5-9/h1-5,8H,7H2,(H,13,14)/t8-/m0/s1. The van der Waals surface area contributed by atoms with E-state index in [0.717, 1.165) is 0 Å². The van der Waals surface area contributed by atoms with E-state index in [-0.39, 0.29) is 6.54 Å². The van der Waals surface area contributed by atoms with Crippen molar-refractivity contribution in [2.24, 2.45) is 0 Å². The van der Waals surface area contributed by atoms with Crippen LogP contribution in [0.25, 0.3) is 0 Å². The maximum Gasteiger partial charge on any atom is 0.412 e. The van der Waals surface area contributed by atoms with Crippen LogP contribution in [0.3, 0.4) is 0 Å². The van der Waals surface area contributed by atoms with Crippen molar-refractivity contribution in [2.45, 2.75) is 4.83 Å². The smallest absolute Gasteiger partial charge is 0.410 e. The van der Waals surface area contributed by atoms with Gasteiger partial charge < -0.3 is 10.1 Å². The highest BCUT2D eigenvalue weighted by molar-refractivity contribution is 9.09. The fraction of sp³-hybridized carbons (Fsp3) is 0.200. The van der Waals surface area contributed by atoms with Gasteiger partial charge in [0.2, 0.25) is 0 Å². The van der Waals surface area contributed by atoms with Gasteiger partial charge in [-0.2, -0.15) is 5.26 Å². The third-order valence-electron chi connectivity index (χ3n) is 1.52. The molecule has 1 amide bonds. The summed E-state index contributed by atoms with van der Waals surface area (Å²) in [5.74, 6) is 0.470. The molecule has 0 aromatic heterocycles. The number of hydrogen-bond acceptors (Lipinski definition) is 3. The summed E-state index contributed by atoms with van der Waals surface area (Å²) in [4.78, 5) is 10.8. The van der Waals surface area contributed by atoms with Crippen molar-refractivity contribution in [1.29, 1.82) is 5.26 Å². The van der Waals surface area contributed by atoms with Crippen molar-refractivity contribution in [1.82, 2.24) is 5.32 Å². The zero-order valence-electron chi connectivity index (χ0n) is 7.81. The fourth-order valence-corrected chi connectivity index (χ4v) is 1.01.